The lowest BCUT2D eigenvalue weighted by molar-refractivity contribution is 0.499. The summed E-state index contributed by atoms with van der Waals surface area (Å²) in [5.41, 5.74) is 1.17. The van der Waals surface area contributed by atoms with Crippen molar-refractivity contribution in [2.24, 2.45) is 0 Å². The van der Waals surface area contributed by atoms with Crippen molar-refractivity contribution in [3.8, 4) is 0 Å². The molecule has 1 aromatic carbocycles. The van der Waals surface area contributed by atoms with Gasteiger partial charge in [-0.25, -0.2) is 8.78 Å². The molecule has 5 heteroatoms. The highest BCUT2D eigenvalue weighted by Gasteiger charge is 2.19. The lowest BCUT2D eigenvalue weighted by Crippen LogP contribution is -2.23. The Morgan fingerprint density at radius 3 is 2.47 bits per heavy atom. The van der Waals surface area contributed by atoms with Crippen LogP contribution in [-0.2, 0) is 6.42 Å². The number of nitrogens with one attached hydrogen (secondary N) is 1. The molecular formula is C14H14BrF2NS. The van der Waals surface area contributed by atoms with Crippen LogP contribution in [0.3, 0.4) is 0 Å². The number of benzene rings is 1. The minimum Gasteiger partial charge on any atom is -0.310 e. The van der Waals surface area contributed by atoms with Crippen molar-refractivity contribution in [2.75, 3.05) is 6.54 Å². The number of hydrogen-bond donors (Lipinski definition) is 1. The van der Waals surface area contributed by atoms with Crippen molar-refractivity contribution < 1.29 is 8.78 Å². The van der Waals surface area contributed by atoms with Crippen LogP contribution in [-0.4, -0.2) is 6.54 Å². The van der Waals surface area contributed by atoms with E-state index in [-0.39, 0.29) is 11.6 Å². The van der Waals surface area contributed by atoms with Gasteiger partial charge in [-0.1, -0.05) is 13.0 Å². The Morgan fingerprint density at radius 1 is 1.26 bits per heavy atom. The fraction of sp³-hybridized carbons (Fsp3) is 0.286. The van der Waals surface area contributed by atoms with Gasteiger partial charge in [0.1, 0.15) is 11.6 Å². The molecule has 1 aromatic heterocycles. The number of halogens is 3. The average Bonchev–Trinajstić information content (AvgIpc) is 2.79. The van der Waals surface area contributed by atoms with Gasteiger partial charge in [0.05, 0.1) is 0 Å². The van der Waals surface area contributed by atoms with Gasteiger partial charge in [0.2, 0.25) is 0 Å². The van der Waals surface area contributed by atoms with Crippen LogP contribution in [0.25, 0.3) is 0 Å². The maximum Gasteiger partial charge on any atom is 0.129 e. The van der Waals surface area contributed by atoms with Gasteiger partial charge < -0.3 is 5.32 Å². The third-order valence-corrected chi connectivity index (χ3v) is 4.69. The Labute approximate surface area is 123 Å². The van der Waals surface area contributed by atoms with Crippen molar-refractivity contribution in [3.05, 3.63) is 56.2 Å². The molecule has 1 nitrogen and oxygen atoms in total. The Hall–Kier alpha value is -0.780. The number of thiophene rings is 1. The summed E-state index contributed by atoms with van der Waals surface area (Å²) in [5, 5.41) is 7.24. The maximum absolute atomic E-state index is 13.7. The lowest BCUT2D eigenvalue weighted by atomic mass is 10.0. The highest BCUT2D eigenvalue weighted by molar-refractivity contribution is 9.10. The molecule has 1 atom stereocenters. The van der Waals surface area contributed by atoms with Crippen molar-refractivity contribution in [1.82, 2.24) is 5.32 Å². The highest BCUT2D eigenvalue weighted by Crippen LogP contribution is 2.30. The summed E-state index contributed by atoms with van der Waals surface area (Å²) < 4.78 is 28.4. The predicted octanol–water partition coefficient (Wildman–Crippen LogP) is 4.68. The molecular weight excluding hydrogens is 332 g/mol. The van der Waals surface area contributed by atoms with E-state index in [1.807, 2.05) is 17.7 Å². The molecule has 0 amide bonds. The minimum atomic E-state index is -0.491. The smallest absolute Gasteiger partial charge is 0.129 e. The lowest BCUT2D eigenvalue weighted by Gasteiger charge is -2.18. The quantitative estimate of drug-likeness (QED) is 0.829. The van der Waals surface area contributed by atoms with Crippen LogP contribution in [0, 0.1) is 11.6 Å². The van der Waals surface area contributed by atoms with E-state index in [0.29, 0.717) is 6.42 Å². The molecule has 0 aliphatic carbocycles. The van der Waals surface area contributed by atoms with Crippen LogP contribution in [0.2, 0.25) is 0 Å². The zero-order chi connectivity index (χ0) is 13.8. The molecule has 1 unspecified atom stereocenters. The Morgan fingerprint density at radius 2 is 1.95 bits per heavy atom. The largest absolute Gasteiger partial charge is 0.310 e. The third-order valence-electron chi connectivity index (χ3n) is 2.94. The summed E-state index contributed by atoms with van der Waals surface area (Å²) in [6.07, 6.45) is 0.293. The summed E-state index contributed by atoms with van der Waals surface area (Å²) in [7, 11) is 0. The fourth-order valence-corrected chi connectivity index (χ4v) is 3.64. The summed E-state index contributed by atoms with van der Waals surface area (Å²) in [5.74, 6) is -0.983. The first-order valence-corrected chi connectivity index (χ1v) is 7.75. The molecule has 1 heterocycles. The van der Waals surface area contributed by atoms with Gasteiger partial charge in [0, 0.05) is 21.5 Å². The summed E-state index contributed by atoms with van der Waals surface area (Å²) in [6, 6.07) is 3.88. The molecule has 0 fully saturated rings. The molecule has 2 aromatic rings. The van der Waals surface area contributed by atoms with Gasteiger partial charge in [-0.15, -0.1) is 0 Å². The van der Waals surface area contributed by atoms with E-state index in [1.54, 1.807) is 11.3 Å². The molecule has 0 aliphatic rings. The van der Waals surface area contributed by atoms with Crippen LogP contribution in [0.5, 0.6) is 0 Å². The minimum absolute atomic E-state index is 0.1000. The SMILES string of the molecule is CCNC(Cc1c(F)cccc1F)c1cscc1Br. The Kier molecular flexibility index (Phi) is 5.07. The monoisotopic (exact) mass is 345 g/mol. The van der Waals surface area contributed by atoms with Crippen molar-refractivity contribution in [2.45, 2.75) is 19.4 Å². The van der Waals surface area contributed by atoms with E-state index in [1.165, 1.54) is 18.2 Å². The van der Waals surface area contributed by atoms with E-state index in [0.717, 1.165) is 16.6 Å². The van der Waals surface area contributed by atoms with Crippen LogP contribution < -0.4 is 5.32 Å². The molecule has 0 bridgehead atoms. The van der Waals surface area contributed by atoms with Gasteiger partial charge in [-0.2, -0.15) is 11.3 Å². The topological polar surface area (TPSA) is 12.0 Å². The molecule has 0 saturated carbocycles. The summed E-state index contributed by atoms with van der Waals surface area (Å²) in [4.78, 5) is 0. The van der Waals surface area contributed by atoms with Crippen LogP contribution in [0.1, 0.15) is 24.1 Å². The van der Waals surface area contributed by atoms with Gasteiger partial charge >= 0.3 is 0 Å². The molecule has 1 N–H and O–H groups in total. The fourth-order valence-electron chi connectivity index (χ4n) is 2.01. The molecule has 102 valence electrons. The Bertz CT molecular complexity index is 536. The normalized spacial score (nSPS) is 12.6. The third kappa shape index (κ3) is 3.41. The van der Waals surface area contributed by atoms with E-state index < -0.39 is 11.6 Å². The maximum atomic E-state index is 13.7. The highest BCUT2D eigenvalue weighted by atomic mass is 79.9. The van der Waals surface area contributed by atoms with Crippen LogP contribution in [0.15, 0.2) is 33.4 Å². The van der Waals surface area contributed by atoms with Crippen molar-refractivity contribution in [1.29, 1.82) is 0 Å². The van der Waals surface area contributed by atoms with Gasteiger partial charge in [0.25, 0.3) is 0 Å². The molecule has 0 radical (unpaired) electrons. The standard InChI is InChI=1S/C14H14BrF2NS/c1-2-18-14(10-7-19-8-11(10)15)6-9-12(16)4-3-5-13(9)17/h3-5,7-8,14,18H,2,6H2,1H3. The second-order valence-electron chi connectivity index (χ2n) is 4.19. The number of rotatable bonds is 5. The Balaban J connectivity index is 2.29. The zero-order valence-corrected chi connectivity index (χ0v) is 12.8. The first kappa shape index (κ1) is 14.6. The molecule has 0 saturated heterocycles. The average molecular weight is 346 g/mol. The first-order valence-electron chi connectivity index (χ1n) is 6.01. The number of hydrogen-bond acceptors (Lipinski definition) is 2. The predicted molar refractivity (Wildman–Crippen MR) is 78.5 cm³/mol. The zero-order valence-electron chi connectivity index (χ0n) is 10.4. The van der Waals surface area contributed by atoms with E-state index >= 15 is 0 Å². The molecule has 0 aliphatic heterocycles. The van der Waals surface area contributed by atoms with Crippen LogP contribution >= 0.6 is 27.3 Å². The second kappa shape index (κ2) is 6.59. The van der Waals surface area contributed by atoms with E-state index in [2.05, 4.69) is 21.2 Å². The van der Waals surface area contributed by atoms with Crippen LogP contribution in [0.4, 0.5) is 8.78 Å². The molecule has 2 rings (SSSR count). The molecule has 0 spiro atoms. The van der Waals surface area contributed by atoms with Gasteiger partial charge in [0.15, 0.2) is 0 Å². The van der Waals surface area contributed by atoms with Gasteiger partial charge in [-0.3, -0.25) is 0 Å². The van der Waals surface area contributed by atoms with E-state index in [9.17, 15) is 8.78 Å². The van der Waals surface area contributed by atoms with Crippen molar-refractivity contribution >= 4 is 27.3 Å². The second-order valence-corrected chi connectivity index (χ2v) is 5.79. The number of likely N-dealkylation sites (N-methyl/N-ethyl adjacent to an activating group) is 1. The van der Waals surface area contributed by atoms with E-state index in [4.69, 9.17) is 0 Å². The summed E-state index contributed by atoms with van der Waals surface area (Å²) in [6.45, 7) is 2.72. The van der Waals surface area contributed by atoms with Crippen molar-refractivity contribution in [3.63, 3.8) is 0 Å². The van der Waals surface area contributed by atoms with Gasteiger partial charge in [-0.05, 0) is 52.0 Å². The molecule has 19 heavy (non-hydrogen) atoms. The summed E-state index contributed by atoms with van der Waals surface area (Å²) >= 11 is 5.04. The first-order chi connectivity index (χ1) is 9.13.